The summed E-state index contributed by atoms with van der Waals surface area (Å²) in [5.41, 5.74) is 1.87. The first-order valence-corrected chi connectivity index (χ1v) is 12.2. The highest BCUT2D eigenvalue weighted by atomic mass is 19.1. The molecule has 4 nitrogen and oxygen atoms in total. The molecule has 32 heavy (non-hydrogen) atoms. The van der Waals surface area contributed by atoms with Crippen LogP contribution in [0.4, 0.5) is 20.2 Å². The van der Waals surface area contributed by atoms with Gasteiger partial charge in [0.15, 0.2) is 0 Å². The third kappa shape index (κ3) is 4.76. The van der Waals surface area contributed by atoms with E-state index >= 15 is 0 Å². The molecule has 3 aliphatic rings. The molecule has 2 aromatic rings. The fourth-order valence-electron chi connectivity index (χ4n) is 5.79. The van der Waals surface area contributed by atoms with Crippen LogP contribution in [0.5, 0.6) is 0 Å². The molecule has 1 atom stereocenters. The molecule has 5 rings (SSSR count). The lowest BCUT2D eigenvalue weighted by atomic mass is 9.96. The van der Waals surface area contributed by atoms with Gasteiger partial charge in [-0.15, -0.1) is 0 Å². The normalized spacial score (nSPS) is 24.1. The molecular formula is C26H34F2N4. The van der Waals surface area contributed by atoms with E-state index in [0.717, 1.165) is 70.0 Å². The highest BCUT2D eigenvalue weighted by molar-refractivity contribution is 5.48. The standard InChI is InChI=1S/C26H34F2N4/c27-21-7-9-22(10-8-21)29-16-18-30(19-17-29)24-4-3-13-32(20-24)23-11-14-31(15-12-23)26-6-2-1-5-25(26)28/h1-2,5-10,23-24H,3-4,11-20H2. The molecule has 0 amide bonds. The number of hydrogen-bond acceptors (Lipinski definition) is 4. The van der Waals surface area contributed by atoms with Crippen LogP contribution in [0, 0.1) is 11.6 Å². The van der Waals surface area contributed by atoms with Gasteiger partial charge in [-0.1, -0.05) is 12.1 Å². The first kappa shape index (κ1) is 21.7. The van der Waals surface area contributed by atoms with Crippen molar-refractivity contribution < 1.29 is 8.78 Å². The Bertz CT molecular complexity index is 874. The summed E-state index contributed by atoms with van der Waals surface area (Å²) in [7, 11) is 0. The number of rotatable bonds is 4. The summed E-state index contributed by atoms with van der Waals surface area (Å²) < 4.78 is 27.4. The number of anilines is 2. The summed E-state index contributed by atoms with van der Waals surface area (Å²) >= 11 is 0. The molecule has 3 heterocycles. The van der Waals surface area contributed by atoms with Gasteiger partial charge in [0.2, 0.25) is 0 Å². The quantitative estimate of drug-likeness (QED) is 0.706. The van der Waals surface area contributed by atoms with Crippen molar-refractivity contribution in [1.29, 1.82) is 0 Å². The van der Waals surface area contributed by atoms with Crippen LogP contribution in [0.3, 0.4) is 0 Å². The Labute approximate surface area is 190 Å². The summed E-state index contributed by atoms with van der Waals surface area (Å²) in [6.07, 6.45) is 4.76. The molecule has 0 spiro atoms. The van der Waals surface area contributed by atoms with E-state index < -0.39 is 0 Å². The molecule has 0 aromatic heterocycles. The molecule has 2 aromatic carbocycles. The lowest BCUT2D eigenvalue weighted by Crippen LogP contribution is -2.57. The summed E-state index contributed by atoms with van der Waals surface area (Å²) in [5.74, 6) is -0.279. The Hall–Kier alpha value is -2.18. The second-order valence-electron chi connectivity index (χ2n) is 9.46. The number of para-hydroxylation sites is 1. The Balaban J connectivity index is 1.12. The van der Waals surface area contributed by atoms with Crippen molar-refractivity contribution in [2.75, 3.05) is 62.2 Å². The van der Waals surface area contributed by atoms with Gasteiger partial charge in [0, 0.05) is 63.6 Å². The molecule has 3 saturated heterocycles. The highest BCUT2D eigenvalue weighted by Crippen LogP contribution is 2.28. The van der Waals surface area contributed by atoms with Crippen LogP contribution in [0.2, 0.25) is 0 Å². The predicted molar refractivity (Wildman–Crippen MR) is 126 cm³/mol. The van der Waals surface area contributed by atoms with Gasteiger partial charge < -0.3 is 9.80 Å². The smallest absolute Gasteiger partial charge is 0.146 e. The van der Waals surface area contributed by atoms with Gasteiger partial charge in [0.1, 0.15) is 11.6 Å². The number of benzene rings is 2. The van der Waals surface area contributed by atoms with Gasteiger partial charge in [0.05, 0.1) is 5.69 Å². The lowest BCUT2D eigenvalue weighted by molar-refractivity contribution is 0.0595. The molecule has 3 fully saturated rings. The van der Waals surface area contributed by atoms with E-state index in [4.69, 9.17) is 0 Å². The van der Waals surface area contributed by atoms with Crippen LogP contribution in [-0.4, -0.2) is 74.2 Å². The molecule has 0 saturated carbocycles. The molecule has 6 heteroatoms. The number of halogens is 2. The topological polar surface area (TPSA) is 13.0 Å². The molecule has 0 N–H and O–H groups in total. The van der Waals surface area contributed by atoms with Crippen LogP contribution >= 0.6 is 0 Å². The predicted octanol–water partition coefficient (Wildman–Crippen LogP) is 4.22. The highest BCUT2D eigenvalue weighted by Gasteiger charge is 2.32. The van der Waals surface area contributed by atoms with Crippen LogP contribution in [0.1, 0.15) is 25.7 Å². The van der Waals surface area contributed by atoms with E-state index in [2.05, 4.69) is 19.6 Å². The number of hydrogen-bond donors (Lipinski definition) is 0. The SMILES string of the molecule is Fc1ccc(N2CCN(C3CCCN(C4CCN(c5ccccc5F)CC4)C3)CC2)cc1. The Morgan fingerprint density at radius 1 is 0.625 bits per heavy atom. The largest absolute Gasteiger partial charge is 0.369 e. The number of nitrogens with zero attached hydrogens (tertiary/aromatic N) is 4. The molecule has 3 aliphatic heterocycles. The first-order valence-electron chi connectivity index (χ1n) is 12.2. The van der Waals surface area contributed by atoms with Crippen LogP contribution < -0.4 is 9.80 Å². The first-order chi connectivity index (χ1) is 15.7. The maximum Gasteiger partial charge on any atom is 0.146 e. The van der Waals surface area contributed by atoms with E-state index in [-0.39, 0.29) is 11.6 Å². The van der Waals surface area contributed by atoms with Crippen LogP contribution in [0.25, 0.3) is 0 Å². The van der Waals surface area contributed by atoms with E-state index in [9.17, 15) is 8.78 Å². The fraction of sp³-hybridized carbons (Fsp3) is 0.538. The summed E-state index contributed by atoms with van der Waals surface area (Å²) in [4.78, 5) is 9.96. The van der Waals surface area contributed by atoms with Crippen molar-refractivity contribution >= 4 is 11.4 Å². The van der Waals surface area contributed by atoms with E-state index in [1.807, 2.05) is 24.3 Å². The summed E-state index contributed by atoms with van der Waals surface area (Å²) in [5, 5.41) is 0. The third-order valence-corrected chi connectivity index (χ3v) is 7.62. The molecule has 1 unspecified atom stereocenters. The zero-order valence-corrected chi connectivity index (χ0v) is 18.8. The minimum Gasteiger partial charge on any atom is -0.369 e. The molecular weight excluding hydrogens is 406 g/mol. The van der Waals surface area contributed by atoms with Gasteiger partial charge in [-0.25, -0.2) is 8.78 Å². The van der Waals surface area contributed by atoms with Crippen molar-refractivity contribution in [3.63, 3.8) is 0 Å². The summed E-state index contributed by atoms with van der Waals surface area (Å²) in [6.45, 7) is 8.36. The van der Waals surface area contributed by atoms with Crippen molar-refractivity contribution in [1.82, 2.24) is 9.80 Å². The zero-order chi connectivity index (χ0) is 21.9. The fourth-order valence-corrected chi connectivity index (χ4v) is 5.79. The zero-order valence-electron chi connectivity index (χ0n) is 18.8. The van der Waals surface area contributed by atoms with Crippen LogP contribution in [-0.2, 0) is 0 Å². The molecule has 0 radical (unpaired) electrons. The molecule has 172 valence electrons. The van der Waals surface area contributed by atoms with Crippen molar-refractivity contribution in [3.8, 4) is 0 Å². The average Bonchev–Trinajstić information content (AvgIpc) is 2.85. The van der Waals surface area contributed by atoms with Gasteiger partial charge >= 0.3 is 0 Å². The second-order valence-corrected chi connectivity index (χ2v) is 9.46. The Kier molecular flexibility index (Phi) is 6.60. The van der Waals surface area contributed by atoms with Gasteiger partial charge in [-0.2, -0.15) is 0 Å². The maximum atomic E-state index is 14.2. The van der Waals surface area contributed by atoms with Gasteiger partial charge in [-0.05, 0) is 68.6 Å². The Morgan fingerprint density at radius 2 is 1.34 bits per heavy atom. The van der Waals surface area contributed by atoms with E-state index in [1.165, 1.54) is 19.4 Å². The van der Waals surface area contributed by atoms with Crippen molar-refractivity contribution in [3.05, 3.63) is 60.2 Å². The average molecular weight is 441 g/mol. The second kappa shape index (κ2) is 9.75. The van der Waals surface area contributed by atoms with Gasteiger partial charge in [0.25, 0.3) is 0 Å². The number of likely N-dealkylation sites (tertiary alicyclic amines) is 1. The molecule has 0 bridgehead atoms. The molecule has 0 aliphatic carbocycles. The van der Waals surface area contributed by atoms with Crippen LogP contribution in [0.15, 0.2) is 48.5 Å². The maximum absolute atomic E-state index is 14.2. The minimum atomic E-state index is -0.172. The Morgan fingerprint density at radius 3 is 2.06 bits per heavy atom. The number of piperidine rings is 2. The van der Waals surface area contributed by atoms with E-state index in [1.54, 1.807) is 24.3 Å². The van der Waals surface area contributed by atoms with Crippen molar-refractivity contribution in [2.24, 2.45) is 0 Å². The third-order valence-electron chi connectivity index (χ3n) is 7.62. The minimum absolute atomic E-state index is 0.108. The monoisotopic (exact) mass is 440 g/mol. The van der Waals surface area contributed by atoms with Crippen molar-refractivity contribution in [2.45, 2.75) is 37.8 Å². The summed E-state index contributed by atoms with van der Waals surface area (Å²) in [6, 6.07) is 15.3. The van der Waals surface area contributed by atoms with E-state index in [0.29, 0.717) is 12.1 Å². The van der Waals surface area contributed by atoms with Gasteiger partial charge in [-0.3, -0.25) is 9.80 Å². The number of piperazine rings is 1. The lowest BCUT2D eigenvalue weighted by Gasteiger charge is -2.47.